The van der Waals surface area contributed by atoms with Crippen LogP contribution in [0.1, 0.15) is 52.9 Å². The lowest BCUT2D eigenvalue weighted by Crippen LogP contribution is -2.62. The van der Waals surface area contributed by atoms with E-state index < -0.39 is 0 Å². The Hall–Kier alpha value is -1.06. The number of nitrogens with zero attached hydrogens (tertiary/aromatic N) is 2. The minimum absolute atomic E-state index is 0.256. The molecule has 0 aromatic carbocycles. The highest BCUT2D eigenvalue weighted by Crippen LogP contribution is 2.39. The molecule has 3 atom stereocenters. The summed E-state index contributed by atoms with van der Waals surface area (Å²) in [6.45, 7) is 8.76. The van der Waals surface area contributed by atoms with Crippen molar-refractivity contribution in [2.24, 2.45) is 17.3 Å². The van der Waals surface area contributed by atoms with Crippen LogP contribution in [0.25, 0.3) is 0 Å². The molecular formula is C17H28N2O2. The maximum absolute atomic E-state index is 12.8. The van der Waals surface area contributed by atoms with Crippen LogP contribution in [-0.4, -0.2) is 47.3 Å². The van der Waals surface area contributed by atoms with Gasteiger partial charge in [0.2, 0.25) is 11.8 Å². The summed E-state index contributed by atoms with van der Waals surface area (Å²) < 4.78 is 0. The average molecular weight is 292 g/mol. The van der Waals surface area contributed by atoms with E-state index in [1.54, 1.807) is 0 Å². The number of hydrogen-bond donors (Lipinski definition) is 0. The van der Waals surface area contributed by atoms with Crippen molar-refractivity contribution in [1.82, 2.24) is 9.80 Å². The molecule has 0 aromatic heterocycles. The van der Waals surface area contributed by atoms with E-state index >= 15 is 0 Å². The van der Waals surface area contributed by atoms with Crippen molar-refractivity contribution in [2.45, 2.75) is 58.9 Å². The van der Waals surface area contributed by atoms with E-state index in [0.29, 0.717) is 29.7 Å². The molecule has 2 amide bonds. The van der Waals surface area contributed by atoms with Gasteiger partial charge in [-0.1, -0.05) is 20.8 Å². The summed E-state index contributed by atoms with van der Waals surface area (Å²) in [5.74, 6) is 1.63. The van der Waals surface area contributed by atoms with Crippen molar-refractivity contribution in [3.05, 3.63) is 0 Å². The number of piperidine rings is 3. The van der Waals surface area contributed by atoms with Gasteiger partial charge >= 0.3 is 0 Å². The predicted molar refractivity (Wildman–Crippen MR) is 81.6 cm³/mol. The molecule has 0 saturated carbocycles. The number of hydrogen-bond acceptors (Lipinski definition) is 2. The Morgan fingerprint density at radius 3 is 2.76 bits per heavy atom. The molecule has 3 saturated heterocycles. The summed E-state index contributed by atoms with van der Waals surface area (Å²) in [5, 5.41) is 0. The Morgan fingerprint density at radius 1 is 1.29 bits per heavy atom. The fourth-order valence-electron chi connectivity index (χ4n) is 4.36. The van der Waals surface area contributed by atoms with Crippen LogP contribution < -0.4 is 0 Å². The molecule has 0 unspecified atom stereocenters. The first-order valence-corrected chi connectivity index (χ1v) is 8.51. The topological polar surface area (TPSA) is 40.6 Å². The van der Waals surface area contributed by atoms with E-state index in [0.717, 1.165) is 45.3 Å². The SMILES string of the molecule is CCC(C)(C)C(=O)N1C[C@H]2C[C@H](C1)[C@H]1CCCC(=O)N1C2. The molecule has 3 rings (SSSR count). The van der Waals surface area contributed by atoms with E-state index in [4.69, 9.17) is 0 Å². The van der Waals surface area contributed by atoms with Crippen molar-refractivity contribution in [2.75, 3.05) is 19.6 Å². The second-order valence-electron chi connectivity index (χ2n) is 7.82. The van der Waals surface area contributed by atoms with Gasteiger partial charge in [-0.2, -0.15) is 0 Å². The second-order valence-corrected chi connectivity index (χ2v) is 7.82. The molecule has 2 bridgehead atoms. The molecule has 4 heteroatoms. The molecule has 21 heavy (non-hydrogen) atoms. The smallest absolute Gasteiger partial charge is 0.228 e. The average Bonchev–Trinajstić information content (AvgIpc) is 2.47. The van der Waals surface area contributed by atoms with Gasteiger partial charge in [0.25, 0.3) is 0 Å². The third-order valence-corrected chi connectivity index (χ3v) is 5.93. The molecule has 0 N–H and O–H groups in total. The summed E-state index contributed by atoms with van der Waals surface area (Å²) in [6, 6.07) is 0.392. The van der Waals surface area contributed by atoms with E-state index in [2.05, 4.69) is 30.6 Å². The Labute approximate surface area is 127 Å². The molecule has 118 valence electrons. The lowest BCUT2D eigenvalue weighted by atomic mass is 9.75. The van der Waals surface area contributed by atoms with Gasteiger partial charge in [-0.05, 0) is 37.5 Å². The summed E-state index contributed by atoms with van der Waals surface area (Å²) in [6.07, 6.45) is 4.95. The van der Waals surface area contributed by atoms with Gasteiger partial charge < -0.3 is 9.80 Å². The van der Waals surface area contributed by atoms with E-state index in [1.165, 1.54) is 6.42 Å². The lowest BCUT2D eigenvalue weighted by molar-refractivity contribution is -0.152. The third kappa shape index (κ3) is 2.58. The number of amides is 2. The number of likely N-dealkylation sites (tertiary alicyclic amines) is 1. The van der Waals surface area contributed by atoms with Crippen LogP contribution in [0.2, 0.25) is 0 Å². The van der Waals surface area contributed by atoms with Gasteiger partial charge in [0.05, 0.1) is 0 Å². The molecule has 4 nitrogen and oxygen atoms in total. The highest BCUT2D eigenvalue weighted by molar-refractivity contribution is 5.82. The highest BCUT2D eigenvalue weighted by atomic mass is 16.2. The van der Waals surface area contributed by atoms with Gasteiger partial charge in [0.15, 0.2) is 0 Å². The number of carbonyl (C=O) groups is 2. The van der Waals surface area contributed by atoms with Crippen LogP contribution >= 0.6 is 0 Å². The molecular weight excluding hydrogens is 264 g/mol. The first-order chi connectivity index (χ1) is 9.92. The molecule has 3 heterocycles. The maximum Gasteiger partial charge on any atom is 0.228 e. The van der Waals surface area contributed by atoms with Crippen LogP contribution in [-0.2, 0) is 9.59 Å². The normalized spacial score (nSPS) is 32.9. The van der Waals surface area contributed by atoms with Gasteiger partial charge in [-0.15, -0.1) is 0 Å². The summed E-state index contributed by atoms with van der Waals surface area (Å²) in [4.78, 5) is 29.1. The monoisotopic (exact) mass is 292 g/mol. The van der Waals surface area contributed by atoms with Crippen molar-refractivity contribution >= 4 is 11.8 Å². The Balaban J connectivity index is 1.75. The molecule has 3 fully saturated rings. The van der Waals surface area contributed by atoms with Gasteiger partial charge in [-0.3, -0.25) is 9.59 Å². The molecule has 0 aliphatic carbocycles. The minimum atomic E-state index is -0.256. The number of fused-ring (bicyclic) bond motifs is 4. The molecule has 0 aromatic rings. The van der Waals surface area contributed by atoms with Gasteiger partial charge in [0.1, 0.15) is 0 Å². The lowest BCUT2D eigenvalue weighted by Gasteiger charge is -2.53. The molecule has 3 aliphatic rings. The van der Waals surface area contributed by atoms with Crippen LogP contribution in [0.15, 0.2) is 0 Å². The van der Waals surface area contributed by atoms with E-state index in [-0.39, 0.29) is 5.41 Å². The van der Waals surface area contributed by atoms with E-state index in [1.807, 2.05) is 0 Å². The summed E-state index contributed by atoms with van der Waals surface area (Å²) in [7, 11) is 0. The summed E-state index contributed by atoms with van der Waals surface area (Å²) >= 11 is 0. The van der Waals surface area contributed by atoms with Gasteiger partial charge in [-0.25, -0.2) is 0 Å². The fraction of sp³-hybridized carbons (Fsp3) is 0.882. The number of rotatable bonds is 2. The largest absolute Gasteiger partial charge is 0.342 e. The molecule has 3 aliphatic heterocycles. The summed E-state index contributed by atoms with van der Waals surface area (Å²) in [5.41, 5.74) is -0.256. The second kappa shape index (κ2) is 5.29. The predicted octanol–water partition coefficient (Wildman–Crippen LogP) is 2.28. The third-order valence-electron chi connectivity index (χ3n) is 5.93. The maximum atomic E-state index is 12.8. The first kappa shape index (κ1) is 14.9. The zero-order valence-electron chi connectivity index (χ0n) is 13.6. The van der Waals surface area contributed by atoms with Crippen LogP contribution in [0, 0.1) is 17.3 Å². The van der Waals surface area contributed by atoms with Gasteiger partial charge in [0, 0.05) is 37.5 Å². The molecule has 0 radical (unpaired) electrons. The minimum Gasteiger partial charge on any atom is -0.342 e. The van der Waals surface area contributed by atoms with Crippen molar-refractivity contribution in [1.29, 1.82) is 0 Å². The Bertz CT molecular complexity index is 446. The van der Waals surface area contributed by atoms with Crippen molar-refractivity contribution in [3.8, 4) is 0 Å². The highest BCUT2D eigenvalue weighted by Gasteiger charge is 2.46. The fourth-order valence-corrected chi connectivity index (χ4v) is 4.36. The first-order valence-electron chi connectivity index (χ1n) is 8.51. The molecule has 0 spiro atoms. The quantitative estimate of drug-likeness (QED) is 0.783. The van der Waals surface area contributed by atoms with Crippen LogP contribution in [0.4, 0.5) is 0 Å². The van der Waals surface area contributed by atoms with Crippen LogP contribution in [0.3, 0.4) is 0 Å². The Kier molecular flexibility index (Phi) is 3.74. The van der Waals surface area contributed by atoms with Crippen molar-refractivity contribution < 1.29 is 9.59 Å². The zero-order valence-corrected chi connectivity index (χ0v) is 13.6. The standard InChI is InChI=1S/C17H28N2O2/c1-4-17(2,3)16(21)18-9-12-8-13(11-18)14-6-5-7-15(20)19(14)10-12/h12-14H,4-11H2,1-3H3/t12-,13-,14-/m1/s1. The van der Waals surface area contributed by atoms with E-state index in [9.17, 15) is 9.59 Å². The van der Waals surface area contributed by atoms with Crippen LogP contribution in [0.5, 0.6) is 0 Å². The zero-order chi connectivity index (χ0) is 15.2. The number of carbonyl (C=O) groups excluding carboxylic acids is 2. The van der Waals surface area contributed by atoms with Crippen molar-refractivity contribution in [3.63, 3.8) is 0 Å². The Morgan fingerprint density at radius 2 is 2.05 bits per heavy atom.